The van der Waals surface area contributed by atoms with E-state index in [4.69, 9.17) is 0 Å². The molecular weight excluding hydrogens is 483 g/mol. The van der Waals surface area contributed by atoms with Gasteiger partial charge in [-0.15, -0.1) is 35.3 Å². The number of amides is 1. The van der Waals surface area contributed by atoms with Gasteiger partial charge in [0.2, 0.25) is 5.91 Å². The first-order chi connectivity index (χ1) is 13.1. The van der Waals surface area contributed by atoms with Crippen molar-refractivity contribution in [2.45, 2.75) is 32.9 Å². The van der Waals surface area contributed by atoms with Crippen LogP contribution in [0.15, 0.2) is 40.7 Å². The minimum atomic E-state index is 0. The molecule has 7 heteroatoms. The Kier molecular flexibility index (Phi) is 8.75. The molecule has 0 saturated carbocycles. The summed E-state index contributed by atoms with van der Waals surface area (Å²) in [4.78, 5) is 22.3. The van der Waals surface area contributed by atoms with Crippen LogP contribution in [0.1, 0.15) is 28.5 Å². The van der Waals surface area contributed by atoms with Crippen molar-refractivity contribution < 1.29 is 4.79 Å². The van der Waals surface area contributed by atoms with Gasteiger partial charge in [0.15, 0.2) is 5.96 Å². The molecule has 1 aromatic heterocycles. The molecule has 0 bridgehead atoms. The largest absolute Gasteiger partial charge is 0.347 e. The molecule has 0 spiro atoms. The van der Waals surface area contributed by atoms with Crippen molar-refractivity contribution in [3.05, 3.63) is 57.3 Å². The van der Waals surface area contributed by atoms with Crippen molar-refractivity contribution in [3.8, 4) is 0 Å². The Morgan fingerprint density at radius 1 is 1.25 bits per heavy atom. The fourth-order valence-electron chi connectivity index (χ4n) is 3.34. The summed E-state index contributed by atoms with van der Waals surface area (Å²) in [6.45, 7) is 4.69. The Hall–Kier alpha value is -1.61. The lowest BCUT2D eigenvalue weighted by atomic mass is 10.1. The molecular formula is C21H29IN4OS. The molecule has 1 aliphatic rings. The van der Waals surface area contributed by atoms with Crippen LogP contribution in [0.25, 0.3) is 0 Å². The second-order valence-electron chi connectivity index (χ2n) is 6.86. The Labute approximate surface area is 188 Å². The van der Waals surface area contributed by atoms with E-state index < -0.39 is 0 Å². The highest BCUT2D eigenvalue weighted by molar-refractivity contribution is 14.0. The summed E-state index contributed by atoms with van der Waals surface area (Å²) in [6, 6.07) is 10.8. The van der Waals surface area contributed by atoms with Gasteiger partial charge >= 0.3 is 0 Å². The first-order valence-corrected chi connectivity index (χ1v) is 10.3. The van der Waals surface area contributed by atoms with Crippen molar-refractivity contribution in [2.24, 2.45) is 4.99 Å². The zero-order valence-corrected chi connectivity index (χ0v) is 19.9. The Morgan fingerprint density at radius 3 is 2.64 bits per heavy atom. The van der Waals surface area contributed by atoms with Gasteiger partial charge in [0.25, 0.3) is 0 Å². The van der Waals surface area contributed by atoms with Crippen LogP contribution in [0.2, 0.25) is 0 Å². The number of thiophene rings is 1. The summed E-state index contributed by atoms with van der Waals surface area (Å²) in [7, 11) is 3.74. The number of halogens is 1. The normalized spacial score (nSPS) is 13.5. The lowest BCUT2D eigenvalue weighted by molar-refractivity contribution is -0.130. The van der Waals surface area contributed by atoms with E-state index in [9.17, 15) is 4.79 Å². The van der Waals surface area contributed by atoms with Gasteiger partial charge in [-0.05, 0) is 41.0 Å². The Balaban J connectivity index is 0.00000280. The summed E-state index contributed by atoms with van der Waals surface area (Å²) in [6.07, 6.45) is 2.01. The molecule has 28 heavy (non-hydrogen) atoms. The lowest BCUT2D eigenvalue weighted by Gasteiger charge is -2.28. The number of nitrogens with zero attached hydrogens (tertiary/aromatic N) is 3. The maximum Gasteiger partial charge on any atom is 0.242 e. The standard InChI is InChI=1S/C21H28N4OS.HI/c1-4-16-5-7-17(8-6-16)14-24(3)21(22-2)23-13-20(26)25-11-9-19-18(15-25)10-12-27-19;/h5-8,10,12H,4,9,11,13-15H2,1-3H3,(H,22,23);1H. The van der Waals surface area contributed by atoms with Crippen LogP contribution in [0, 0.1) is 0 Å². The van der Waals surface area contributed by atoms with Gasteiger partial charge in [0, 0.05) is 38.6 Å². The van der Waals surface area contributed by atoms with Crippen LogP contribution in [0.4, 0.5) is 0 Å². The van der Waals surface area contributed by atoms with Gasteiger partial charge in [0.1, 0.15) is 0 Å². The molecule has 152 valence electrons. The quantitative estimate of drug-likeness (QED) is 0.379. The maximum atomic E-state index is 12.6. The molecule has 0 aliphatic carbocycles. The number of hydrogen-bond acceptors (Lipinski definition) is 3. The zero-order chi connectivity index (χ0) is 19.2. The van der Waals surface area contributed by atoms with E-state index in [1.807, 2.05) is 16.8 Å². The third kappa shape index (κ3) is 5.70. The van der Waals surface area contributed by atoms with Crippen LogP contribution < -0.4 is 5.32 Å². The van der Waals surface area contributed by atoms with Gasteiger partial charge in [-0.2, -0.15) is 0 Å². The van der Waals surface area contributed by atoms with Crippen LogP contribution in [0.5, 0.6) is 0 Å². The fraction of sp³-hybridized carbons (Fsp3) is 0.429. The number of aliphatic imine (C=N–C) groups is 1. The van der Waals surface area contributed by atoms with Gasteiger partial charge < -0.3 is 15.1 Å². The number of fused-ring (bicyclic) bond motifs is 1. The number of hydrogen-bond donors (Lipinski definition) is 1. The molecule has 5 nitrogen and oxygen atoms in total. The topological polar surface area (TPSA) is 47.9 Å². The van der Waals surface area contributed by atoms with Gasteiger partial charge in [-0.1, -0.05) is 31.2 Å². The van der Waals surface area contributed by atoms with Crippen molar-refractivity contribution >= 4 is 47.2 Å². The predicted molar refractivity (Wildman–Crippen MR) is 128 cm³/mol. The van der Waals surface area contributed by atoms with E-state index in [2.05, 4.69) is 52.9 Å². The van der Waals surface area contributed by atoms with Crippen molar-refractivity contribution in [2.75, 3.05) is 27.2 Å². The molecule has 1 aliphatic heterocycles. The second-order valence-corrected chi connectivity index (χ2v) is 7.86. The molecule has 0 saturated heterocycles. The van der Waals surface area contributed by atoms with Crippen molar-refractivity contribution in [1.82, 2.24) is 15.1 Å². The lowest BCUT2D eigenvalue weighted by Crippen LogP contribution is -2.46. The summed E-state index contributed by atoms with van der Waals surface area (Å²) in [5.41, 5.74) is 3.85. The minimum absolute atomic E-state index is 0. The van der Waals surface area contributed by atoms with Gasteiger partial charge in [-0.3, -0.25) is 9.79 Å². The first kappa shape index (κ1) is 22.7. The summed E-state index contributed by atoms with van der Waals surface area (Å²) in [5.74, 6) is 0.852. The third-order valence-corrected chi connectivity index (χ3v) is 6.01. The molecule has 2 aromatic rings. The number of rotatable bonds is 5. The maximum absolute atomic E-state index is 12.6. The average molecular weight is 512 g/mol. The third-order valence-electron chi connectivity index (χ3n) is 4.98. The Bertz CT molecular complexity index is 803. The van der Waals surface area contributed by atoms with Gasteiger partial charge in [0.05, 0.1) is 6.54 Å². The van der Waals surface area contributed by atoms with Gasteiger partial charge in [-0.25, -0.2) is 0 Å². The van der Waals surface area contributed by atoms with Crippen LogP contribution >= 0.6 is 35.3 Å². The second kappa shape index (κ2) is 10.8. The number of carbonyl (C=O) groups is 1. The molecule has 1 aromatic carbocycles. The molecule has 2 heterocycles. The van der Waals surface area contributed by atoms with Crippen LogP contribution in [0.3, 0.4) is 0 Å². The van der Waals surface area contributed by atoms with E-state index >= 15 is 0 Å². The molecule has 1 amide bonds. The predicted octanol–water partition coefficient (Wildman–Crippen LogP) is 3.52. The SMILES string of the molecule is CCc1ccc(CN(C)C(=NC)NCC(=O)N2CCc3sccc3C2)cc1.I. The highest BCUT2D eigenvalue weighted by Gasteiger charge is 2.21. The highest BCUT2D eigenvalue weighted by Crippen LogP contribution is 2.23. The smallest absolute Gasteiger partial charge is 0.242 e. The monoisotopic (exact) mass is 512 g/mol. The molecule has 1 N–H and O–H groups in total. The molecule has 0 unspecified atom stereocenters. The van der Waals surface area contributed by atoms with E-state index in [-0.39, 0.29) is 36.4 Å². The number of carbonyl (C=O) groups excluding carboxylic acids is 1. The van der Waals surface area contributed by atoms with E-state index in [1.165, 1.54) is 21.6 Å². The summed E-state index contributed by atoms with van der Waals surface area (Å²) >= 11 is 1.79. The molecule has 0 atom stereocenters. The number of aryl methyl sites for hydroxylation is 1. The number of benzene rings is 1. The minimum Gasteiger partial charge on any atom is -0.347 e. The highest BCUT2D eigenvalue weighted by atomic mass is 127. The van der Waals surface area contributed by atoms with E-state index in [0.717, 1.165) is 38.4 Å². The average Bonchev–Trinajstić information content (AvgIpc) is 3.16. The van der Waals surface area contributed by atoms with Crippen molar-refractivity contribution in [1.29, 1.82) is 0 Å². The summed E-state index contributed by atoms with van der Waals surface area (Å²) in [5, 5.41) is 5.33. The first-order valence-electron chi connectivity index (χ1n) is 9.43. The molecule has 0 radical (unpaired) electrons. The molecule has 3 rings (SSSR count). The fourth-order valence-corrected chi connectivity index (χ4v) is 4.23. The van der Waals surface area contributed by atoms with E-state index in [0.29, 0.717) is 0 Å². The van der Waals surface area contributed by atoms with Crippen molar-refractivity contribution in [3.63, 3.8) is 0 Å². The van der Waals surface area contributed by atoms with Crippen LogP contribution in [-0.4, -0.2) is 48.9 Å². The molecule has 0 fully saturated rings. The Morgan fingerprint density at radius 2 is 1.96 bits per heavy atom. The number of nitrogens with one attached hydrogen (secondary N) is 1. The van der Waals surface area contributed by atoms with Crippen LogP contribution in [-0.2, 0) is 30.7 Å². The number of guanidine groups is 1. The zero-order valence-electron chi connectivity index (χ0n) is 16.8. The summed E-state index contributed by atoms with van der Waals surface area (Å²) < 4.78 is 0. The van der Waals surface area contributed by atoms with E-state index in [1.54, 1.807) is 18.4 Å².